The standard InChI is InChI=1S/C21H26N4O3/c1-14-5-7-15(8-6-14)21(9-10-21)13-24-20(28)25-17(3-2-4-18(25)22-24)19(27)23-11-16(26)12-23/h5-8,16-17,26H,2-4,9-13H2,1H3/t17-/m0/s1. The van der Waals surface area contributed by atoms with Crippen molar-refractivity contribution in [2.24, 2.45) is 0 Å². The van der Waals surface area contributed by atoms with Crippen LogP contribution in [0.15, 0.2) is 29.1 Å². The summed E-state index contributed by atoms with van der Waals surface area (Å²) in [7, 11) is 0. The van der Waals surface area contributed by atoms with E-state index in [9.17, 15) is 14.7 Å². The molecule has 0 bridgehead atoms. The number of fused-ring (bicyclic) bond motifs is 1. The molecule has 2 aliphatic heterocycles. The van der Waals surface area contributed by atoms with E-state index in [0.717, 1.165) is 31.5 Å². The van der Waals surface area contributed by atoms with Gasteiger partial charge in [0.25, 0.3) is 0 Å². The SMILES string of the molecule is Cc1ccc(C2(Cn3nc4n(c3=O)[C@H](C(=O)N3CC(O)C3)CCC4)CC2)cc1. The van der Waals surface area contributed by atoms with Crippen LogP contribution in [-0.2, 0) is 23.2 Å². The van der Waals surface area contributed by atoms with Gasteiger partial charge in [0.1, 0.15) is 11.9 Å². The van der Waals surface area contributed by atoms with Gasteiger partial charge in [-0.05, 0) is 38.2 Å². The number of hydrogen-bond acceptors (Lipinski definition) is 4. The van der Waals surface area contributed by atoms with Crippen molar-refractivity contribution in [3.63, 3.8) is 0 Å². The molecule has 2 aromatic rings. The molecule has 0 spiro atoms. The molecule has 28 heavy (non-hydrogen) atoms. The van der Waals surface area contributed by atoms with Crippen molar-refractivity contribution >= 4 is 5.91 Å². The second-order valence-electron chi connectivity index (χ2n) is 8.68. The zero-order chi connectivity index (χ0) is 19.5. The van der Waals surface area contributed by atoms with Crippen LogP contribution in [0.25, 0.3) is 0 Å². The average molecular weight is 382 g/mol. The van der Waals surface area contributed by atoms with Crippen LogP contribution in [0.3, 0.4) is 0 Å². The van der Waals surface area contributed by atoms with Crippen molar-refractivity contribution in [3.05, 3.63) is 51.7 Å². The maximum Gasteiger partial charge on any atom is 0.346 e. The summed E-state index contributed by atoms with van der Waals surface area (Å²) < 4.78 is 3.19. The molecule has 1 amide bonds. The second kappa shape index (κ2) is 6.30. The topological polar surface area (TPSA) is 80.4 Å². The minimum atomic E-state index is -0.480. The fraction of sp³-hybridized carbons (Fsp3) is 0.571. The summed E-state index contributed by atoms with van der Waals surface area (Å²) in [6, 6.07) is 8.07. The molecule has 2 fully saturated rings. The molecule has 1 aliphatic carbocycles. The summed E-state index contributed by atoms with van der Waals surface area (Å²) in [5, 5.41) is 14.1. The third-order valence-electron chi connectivity index (χ3n) is 6.56. The van der Waals surface area contributed by atoms with Gasteiger partial charge < -0.3 is 10.0 Å². The van der Waals surface area contributed by atoms with Crippen LogP contribution in [-0.4, -0.2) is 49.5 Å². The molecular weight excluding hydrogens is 356 g/mol. The minimum absolute atomic E-state index is 0.0108. The molecule has 3 heterocycles. The fourth-order valence-corrected chi connectivity index (χ4v) is 4.60. The number of rotatable bonds is 4. The number of aryl methyl sites for hydroxylation is 2. The first-order chi connectivity index (χ1) is 13.5. The van der Waals surface area contributed by atoms with Crippen LogP contribution in [0, 0.1) is 6.92 Å². The third-order valence-corrected chi connectivity index (χ3v) is 6.56. The number of carbonyl (C=O) groups is 1. The lowest BCUT2D eigenvalue weighted by Gasteiger charge is -2.39. The number of likely N-dealkylation sites (tertiary alicyclic amines) is 1. The van der Waals surface area contributed by atoms with Gasteiger partial charge in [-0.25, -0.2) is 9.48 Å². The Labute approximate surface area is 163 Å². The van der Waals surface area contributed by atoms with Gasteiger partial charge in [-0.1, -0.05) is 29.8 Å². The first kappa shape index (κ1) is 17.7. The van der Waals surface area contributed by atoms with Crippen LogP contribution in [0.4, 0.5) is 0 Å². The molecule has 1 aromatic carbocycles. The van der Waals surface area contributed by atoms with E-state index in [1.165, 1.54) is 11.1 Å². The minimum Gasteiger partial charge on any atom is -0.389 e. The van der Waals surface area contributed by atoms with Crippen molar-refractivity contribution in [1.82, 2.24) is 19.2 Å². The first-order valence-electron chi connectivity index (χ1n) is 10.2. The largest absolute Gasteiger partial charge is 0.389 e. The number of aromatic nitrogens is 3. The number of carbonyl (C=O) groups excluding carboxylic acids is 1. The van der Waals surface area contributed by atoms with Gasteiger partial charge in [0.2, 0.25) is 5.91 Å². The Kier molecular flexibility index (Phi) is 3.98. The lowest BCUT2D eigenvalue weighted by molar-refractivity contribution is -0.145. The van der Waals surface area contributed by atoms with E-state index in [4.69, 9.17) is 0 Å². The van der Waals surface area contributed by atoms with Crippen LogP contribution < -0.4 is 5.69 Å². The lowest BCUT2D eigenvalue weighted by atomic mass is 9.95. The molecule has 148 valence electrons. The van der Waals surface area contributed by atoms with Crippen LogP contribution in [0.5, 0.6) is 0 Å². The molecular formula is C21H26N4O3. The smallest absolute Gasteiger partial charge is 0.346 e. The summed E-state index contributed by atoms with van der Waals surface area (Å²) in [6.45, 7) is 3.37. The van der Waals surface area contributed by atoms with Crippen molar-refractivity contribution in [1.29, 1.82) is 0 Å². The highest BCUT2D eigenvalue weighted by molar-refractivity contribution is 5.81. The number of β-amino-alcohol motifs (C(OH)–C–C–N with tert-alkyl or cyclic N) is 1. The van der Waals surface area contributed by atoms with Gasteiger partial charge in [-0.3, -0.25) is 9.36 Å². The first-order valence-corrected chi connectivity index (χ1v) is 10.2. The predicted octanol–water partition coefficient (Wildman–Crippen LogP) is 1.17. The van der Waals surface area contributed by atoms with Crippen LogP contribution >= 0.6 is 0 Å². The highest BCUT2D eigenvalue weighted by Gasteiger charge is 2.46. The Morgan fingerprint density at radius 3 is 2.61 bits per heavy atom. The number of aliphatic hydroxyl groups excluding tert-OH is 1. The number of amides is 1. The van der Waals surface area contributed by atoms with E-state index in [2.05, 4.69) is 36.3 Å². The van der Waals surface area contributed by atoms with Gasteiger partial charge in [0, 0.05) is 24.9 Å². The van der Waals surface area contributed by atoms with E-state index in [1.54, 1.807) is 14.1 Å². The quantitative estimate of drug-likeness (QED) is 0.861. The van der Waals surface area contributed by atoms with Gasteiger partial charge in [-0.15, -0.1) is 0 Å². The summed E-state index contributed by atoms with van der Waals surface area (Å²) in [5.41, 5.74) is 2.31. The molecule has 7 heteroatoms. The van der Waals surface area contributed by atoms with Gasteiger partial charge in [0.05, 0.1) is 12.6 Å². The predicted molar refractivity (Wildman–Crippen MR) is 103 cm³/mol. The number of hydrogen-bond donors (Lipinski definition) is 1. The van der Waals surface area contributed by atoms with E-state index >= 15 is 0 Å². The fourth-order valence-electron chi connectivity index (χ4n) is 4.60. The van der Waals surface area contributed by atoms with Crippen molar-refractivity contribution < 1.29 is 9.90 Å². The number of nitrogens with zero attached hydrogens (tertiary/aromatic N) is 4. The van der Waals surface area contributed by atoms with Crippen molar-refractivity contribution in [3.8, 4) is 0 Å². The Morgan fingerprint density at radius 1 is 1.25 bits per heavy atom. The maximum atomic E-state index is 13.2. The molecule has 1 saturated heterocycles. The van der Waals surface area contributed by atoms with Gasteiger partial charge in [-0.2, -0.15) is 5.10 Å². The van der Waals surface area contributed by atoms with Crippen LogP contribution in [0.1, 0.15) is 48.7 Å². The van der Waals surface area contributed by atoms with Crippen molar-refractivity contribution in [2.75, 3.05) is 13.1 Å². The zero-order valence-corrected chi connectivity index (χ0v) is 16.2. The molecule has 5 rings (SSSR count). The van der Waals surface area contributed by atoms with E-state index < -0.39 is 12.1 Å². The summed E-state index contributed by atoms with van der Waals surface area (Å²) in [6.07, 6.45) is 3.92. The molecule has 0 unspecified atom stereocenters. The van der Waals surface area contributed by atoms with Gasteiger partial charge >= 0.3 is 5.69 Å². The number of aliphatic hydroxyl groups is 1. The highest BCUT2D eigenvalue weighted by Crippen LogP contribution is 2.49. The Hall–Kier alpha value is -2.41. The molecule has 1 saturated carbocycles. The zero-order valence-electron chi connectivity index (χ0n) is 16.2. The highest BCUT2D eigenvalue weighted by atomic mass is 16.3. The molecule has 3 aliphatic rings. The summed E-state index contributed by atoms with van der Waals surface area (Å²) >= 11 is 0. The average Bonchev–Trinajstić information content (AvgIpc) is 3.38. The van der Waals surface area contributed by atoms with Crippen LogP contribution in [0.2, 0.25) is 0 Å². The molecule has 1 atom stereocenters. The summed E-state index contributed by atoms with van der Waals surface area (Å²) in [4.78, 5) is 27.6. The maximum absolute atomic E-state index is 13.2. The Bertz CT molecular complexity index is 965. The summed E-state index contributed by atoms with van der Waals surface area (Å²) in [5.74, 6) is 0.656. The van der Waals surface area contributed by atoms with Crippen molar-refractivity contribution in [2.45, 2.75) is 63.1 Å². The molecule has 1 N–H and O–H groups in total. The van der Waals surface area contributed by atoms with Gasteiger partial charge in [0.15, 0.2) is 0 Å². The normalized spacial score (nSPS) is 23.2. The Morgan fingerprint density at radius 2 is 1.96 bits per heavy atom. The van der Waals surface area contributed by atoms with E-state index in [-0.39, 0.29) is 17.0 Å². The lowest BCUT2D eigenvalue weighted by Crippen LogP contribution is -2.56. The van der Waals surface area contributed by atoms with E-state index in [0.29, 0.717) is 26.1 Å². The third kappa shape index (κ3) is 2.80. The number of benzene rings is 1. The second-order valence-corrected chi connectivity index (χ2v) is 8.68. The Balaban J connectivity index is 1.43. The molecule has 1 aromatic heterocycles. The molecule has 0 radical (unpaired) electrons. The molecule has 7 nitrogen and oxygen atoms in total. The van der Waals surface area contributed by atoms with E-state index in [1.807, 2.05) is 0 Å². The monoisotopic (exact) mass is 382 g/mol.